The normalized spacial score (nSPS) is 11.9. The van der Waals surface area contributed by atoms with Crippen molar-refractivity contribution in [3.05, 3.63) is 60.2 Å². The van der Waals surface area contributed by atoms with Crippen LogP contribution < -0.4 is 0 Å². The minimum absolute atomic E-state index is 0.823. The maximum absolute atomic E-state index is 9.50. The minimum Gasteiger partial charge on any atom is -0.378 e. The van der Waals surface area contributed by atoms with E-state index in [0.29, 0.717) is 0 Å². The molecule has 0 spiro atoms. The zero-order valence-corrected chi connectivity index (χ0v) is 13.5. The van der Waals surface area contributed by atoms with E-state index in [0.717, 1.165) is 13.1 Å². The fraction of sp³-hybridized carbons (Fsp3) is 0.300. The van der Waals surface area contributed by atoms with E-state index in [1.807, 2.05) is 6.08 Å². The molecule has 0 atom stereocenters. The van der Waals surface area contributed by atoms with E-state index in [1.54, 1.807) is 19.9 Å². The molecule has 114 valence electrons. The Hall–Kier alpha value is -2.08. The van der Waals surface area contributed by atoms with Crippen LogP contribution in [0.5, 0.6) is 0 Å². The first-order valence-corrected chi connectivity index (χ1v) is 7.51. The molecule has 2 nitrogen and oxygen atoms in total. The largest absolute Gasteiger partial charge is 0.378 e. The lowest BCUT2D eigenvalue weighted by Gasteiger charge is -2.15. The van der Waals surface area contributed by atoms with Crippen molar-refractivity contribution in [3.63, 3.8) is 0 Å². The summed E-state index contributed by atoms with van der Waals surface area (Å²) < 4.78 is 0. The van der Waals surface area contributed by atoms with Gasteiger partial charge < -0.3 is 5.11 Å². The van der Waals surface area contributed by atoms with Crippen molar-refractivity contribution in [2.45, 2.75) is 26.0 Å². The minimum atomic E-state index is -0.931. The van der Waals surface area contributed by atoms with Gasteiger partial charge in [-0.1, -0.05) is 60.4 Å². The van der Waals surface area contributed by atoms with Gasteiger partial charge in [-0.25, -0.2) is 0 Å². The van der Waals surface area contributed by atoms with Crippen molar-refractivity contribution in [3.8, 4) is 11.8 Å². The number of likely N-dealkylation sites (N-methyl/N-ethyl adjacent to an activating group) is 1. The first-order valence-electron chi connectivity index (χ1n) is 7.51. The van der Waals surface area contributed by atoms with Crippen LogP contribution in [0.4, 0.5) is 0 Å². The van der Waals surface area contributed by atoms with Crippen LogP contribution in [0.1, 0.15) is 19.4 Å². The third kappa shape index (κ3) is 5.04. The third-order valence-corrected chi connectivity index (χ3v) is 3.32. The second-order valence-electron chi connectivity index (χ2n) is 6.07. The average molecular weight is 293 g/mol. The summed E-state index contributed by atoms with van der Waals surface area (Å²) in [5.41, 5.74) is 0.399. The van der Waals surface area contributed by atoms with E-state index in [2.05, 4.69) is 66.3 Å². The number of fused-ring (bicyclic) bond motifs is 1. The highest BCUT2D eigenvalue weighted by Gasteiger charge is 2.05. The van der Waals surface area contributed by atoms with Gasteiger partial charge in [0, 0.05) is 13.1 Å². The zero-order valence-electron chi connectivity index (χ0n) is 13.5. The molecule has 0 radical (unpaired) electrons. The van der Waals surface area contributed by atoms with Crippen LogP contribution in [0.25, 0.3) is 10.8 Å². The highest BCUT2D eigenvalue weighted by molar-refractivity contribution is 5.85. The molecule has 0 amide bonds. The maximum atomic E-state index is 9.50. The monoisotopic (exact) mass is 293 g/mol. The van der Waals surface area contributed by atoms with Gasteiger partial charge in [0.25, 0.3) is 0 Å². The standard InChI is InChI=1S/C20H23NO/c1-20(2,22)14-7-4-8-15-21(3)16-18-12-9-11-17-10-5-6-13-19(17)18/h4-6,8-13,22H,15-16H2,1-3H3. The van der Waals surface area contributed by atoms with E-state index >= 15 is 0 Å². The molecule has 2 aromatic carbocycles. The molecule has 1 N–H and O–H groups in total. The molecular formula is C20H23NO. The Morgan fingerprint density at radius 2 is 1.86 bits per heavy atom. The molecule has 0 heterocycles. The molecule has 0 bridgehead atoms. The Morgan fingerprint density at radius 1 is 1.14 bits per heavy atom. The van der Waals surface area contributed by atoms with Crippen molar-refractivity contribution in [2.24, 2.45) is 0 Å². The first kappa shape index (κ1) is 16.3. The number of rotatable bonds is 4. The maximum Gasteiger partial charge on any atom is 0.120 e. The molecule has 2 rings (SSSR count). The fourth-order valence-electron chi connectivity index (χ4n) is 2.30. The van der Waals surface area contributed by atoms with E-state index in [1.165, 1.54) is 16.3 Å². The van der Waals surface area contributed by atoms with Gasteiger partial charge >= 0.3 is 0 Å². The molecule has 0 unspecified atom stereocenters. The number of benzene rings is 2. The van der Waals surface area contributed by atoms with Crippen LogP contribution in [-0.4, -0.2) is 29.2 Å². The quantitative estimate of drug-likeness (QED) is 0.871. The van der Waals surface area contributed by atoms with Gasteiger partial charge in [-0.2, -0.15) is 0 Å². The molecule has 0 aromatic heterocycles. The number of aliphatic hydroxyl groups is 1. The van der Waals surface area contributed by atoms with Crippen LogP contribution in [-0.2, 0) is 6.54 Å². The van der Waals surface area contributed by atoms with Crippen molar-refractivity contribution in [2.75, 3.05) is 13.6 Å². The lowest BCUT2D eigenvalue weighted by molar-refractivity contribution is 0.143. The van der Waals surface area contributed by atoms with Crippen molar-refractivity contribution in [1.29, 1.82) is 0 Å². The Morgan fingerprint density at radius 3 is 2.64 bits per heavy atom. The fourth-order valence-corrected chi connectivity index (χ4v) is 2.30. The van der Waals surface area contributed by atoms with E-state index in [-0.39, 0.29) is 0 Å². The summed E-state index contributed by atoms with van der Waals surface area (Å²) in [6, 6.07) is 14.9. The first-order chi connectivity index (χ1) is 10.5. The summed E-state index contributed by atoms with van der Waals surface area (Å²) in [6.07, 6.45) is 3.82. The van der Waals surface area contributed by atoms with Crippen LogP contribution in [0, 0.1) is 11.8 Å². The smallest absolute Gasteiger partial charge is 0.120 e. The average Bonchev–Trinajstić information content (AvgIpc) is 2.46. The summed E-state index contributed by atoms with van der Waals surface area (Å²) in [4.78, 5) is 2.24. The lowest BCUT2D eigenvalue weighted by Crippen LogP contribution is -2.17. The molecule has 0 fully saturated rings. The highest BCUT2D eigenvalue weighted by Crippen LogP contribution is 2.19. The summed E-state index contributed by atoms with van der Waals surface area (Å²) in [7, 11) is 2.09. The number of hydrogen-bond acceptors (Lipinski definition) is 2. The summed E-state index contributed by atoms with van der Waals surface area (Å²) in [5, 5.41) is 12.1. The van der Waals surface area contributed by atoms with Crippen LogP contribution in [0.2, 0.25) is 0 Å². The van der Waals surface area contributed by atoms with Gasteiger partial charge in [0.1, 0.15) is 5.60 Å². The second-order valence-corrected chi connectivity index (χ2v) is 6.07. The molecule has 0 saturated carbocycles. The molecule has 22 heavy (non-hydrogen) atoms. The predicted octanol–water partition coefficient (Wildman–Crippen LogP) is 3.60. The van der Waals surface area contributed by atoms with Gasteiger partial charge in [-0.05, 0) is 43.3 Å². The molecular weight excluding hydrogens is 270 g/mol. The summed E-state index contributed by atoms with van der Waals surface area (Å²) in [5.74, 6) is 5.64. The van der Waals surface area contributed by atoms with Crippen molar-refractivity contribution >= 4 is 10.8 Å². The van der Waals surface area contributed by atoms with Gasteiger partial charge in [0.15, 0.2) is 0 Å². The Bertz CT molecular complexity index is 708. The Kier molecular flexibility index (Phi) is 5.38. The third-order valence-electron chi connectivity index (χ3n) is 3.32. The highest BCUT2D eigenvalue weighted by atomic mass is 16.3. The molecule has 0 saturated heterocycles. The topological polar surface area (TPSA) is 23.5 Å². The Balaban J connectivity index is 1.98. The van der Waals surface area contributed by atoms with E-state index in [4.69, 9.17) is 0 Å². The Labute approximate surface area is 133 Å². The van der Waals surface area contributed by atoms with E-state index < -0.39 is 5.60 Å². The summed E-state index contributed by atoms with van der Waals surface area (Å²) >= 11 is 0. The van der Waals surface area contributed by atoms with Gasteiger partial charge in [-0.3, -0.25) is 4.90 Å². The number of hydrogen-bond donors (Lipinski definition) is 1. The van der Waals surface area contributed by atoms with E-state index in [9.17, 15) is 5.11 Å². The van der Waals surface area contributed by atoms with Gasteiger partial charge in [0.2, 0.25) is 0 Å². The predicted molar refractivity (Wildman–Crippen MR) is 93.5 cm³/mol. The van der Waals surface area contributed by atoms with Crippen LogP contribution in [0.3, 0.4) is 0 Å². The zero-order chi connectivity index (χ0) is 16.0. The molecule has 2 aromatic rings. The van der Waals surface area contributed by atoms with Crippen molar-refractivity contribution in [1.82, 2.24) is 4.90 Å². The number of allylic oxidation sites excluding steroid dienone is 1. The van der Waals surface area contributed by atoms with Crippen molar-refractivity contribution < 1.29 is 5.11 Å². The van der Waals surface area contributed by atoms with Gasteiger partial charge in [-0.15, -0.1) is 0 Å². The van der Waals surface area contributed by atoms with Crippen LogP contribution >= 0.6 is 0 Å². The summed E-state index contributed by atoms with van der Waals surface area (Å²) in [6.45, 7) is 5.08. The molecule has 0 aliphatic carbocycles. The lowest BCUT2D eigenvalue weighted by atomic mass is 10.0. The molecule has 0 aliphatic heterocycles. The van der Waals surface area contributed by atoms with Crippen LogP contribution in [0.15, 0.2) is 54.6 Å². The van der Waals surface area contributed by atoms with Gasteiger partial charge in [0.05, 0.1) is 0 Å². The number of nitrogens with zero attached hydrogens (tertiary/aromatic N) is 1. The molecule has 0 aliphatic rings. The second kappa shape index (κ2) is 7.26. The SMILES string of the molecule is CN(CC=CC#CC(C)(C)O)Cc1cccc2ccccc12. The molecule has 2 heteroatoms.